The Balaban J connectivity index is 2.90. The Labute approximate surface area is 77.0 Å². The van der Waals surface area contributed by atoms with Crippen LogP contribution in [-0.4, -0.2) is 9.79 Å². The molecule has 0 amide bonds. The van der Waals surface area contributed by atoms with Crippen LogP contribution in [0.2, 0.25) is 0 Å². The lowest BCUT2D eigenvalue weighted by Crippen LogP contribution is -1.89. The van der Waals surface area contributed by atoms with Gasteiger partial charge in [0, 0.05) is 6.16 Å². The summed E-state index contributed by atoms with van der Waals surface area (Å²) < 4.78 is 0. The van der Waals surface area contributed by atoms with Gasteiger partial charge in [-0.05, 0) is 29.9 Å². The molecule has 66 valence electrons. The van der Waals surface area contributed by atoms with Gasteiger partial charge < -0.3 is 9.79 Å². The van der Waals surface area contributed by atoms with Crippen molar-refractivity contribution in [1.29, 1.82) is 0 Å². The van der Waals surface area contributed by atoms with Crippen molar-refractivity contribution in [3.05, 3.63) is 35.4 Å². The average Bonchev–Trinajstić information content (AvgIpc) is 1.91. The fourth-order valence-corrected chi connectivity index (χ4v) is 2.23. The Kier molecular flexibility index (Phi) is 3.02. The second kappa shape index (κ2) is 3.67. The maximum Gasteiger partial charge on any atom is 0.187 e. The summed E-state index contributed by atoms with van der Waals surface area (Å²) >= 11 is 4.55. The molecule has 0 unspecified atom stereocenters. The standard InChI is InChI=1S/C8H11O2PS/c1-7-4-2-3-5-8(7)6-11(9,10)12/h2-5H,6H2,1H3,(H2,9,10,12). The number of benzene rings is 1. The molecule has 0 saturated carbocycles. The summed E-state index contributed by atoms with van der Waals surface area (Å²) in [4.78, 5) is 18.2. The third kappa shape index (κ3) is 3.03. The van der Waals surface area contributed by atoms with Crippen LogP contribution in [0.4, 0.5) is 0 Å². The molecular formula is C8H11O2PS. The predicted octanol–water partition coefficient (Wildman–Crippen LogP) is 1.79. The first kappa shape index (κ1) is 9.87. The van der Waals surface area contributed by atoms with E-state index in [4.69, 9.17) is 9.79 Å². The molecule has 1 aromatic rings. The number of hydrogen-bond acceptors (Lipinski definition) is 1. The lowest BCUT2D eigenvalue weighted by molar-refractivity contribution is 0.477. The summed E-state index contributed by atoms with van der Waals surface area (Å²) in [5.74, 6) is 0. The van der Waals surface area contributed by atoms with Crippen LogP contribution in [0, 0.1) is 6.92 Å². The highest BCUT2D eigenvalue weighted by Gasteiger charge is 2.09. The number of aryl methyl sites for hydroxylation is 1. The monoisotopic (exact) mass is 202 g/mol. The van der Waals surface area contributed by atoms with Crippen molar-refractivity contribution in [3.63, 3.8) is 0 Å². The van der Waals surface area contributed by atoms with Gasteiger partial charge in [0.25, 0.3) is 0 Å². The molecule has 0 aliphatic heterocycles. The summed E-state index contributed by atoms with van der Waals surface area (Å²) in [5.41, 5.74) is 1.97. The Hall–Kier alpha value is -0.210. The van der Waals surface area contributed by atoms with Gasteiger partial charge in [0.05, 0.1) is 0 Å². The maximum absolute atomic E-state index is 9.08. The van der Waals surface area contributed by atoms with Gasteiger partial charge in [-0.25, -0.2) is 0 Å². The molecular weight excluding hydrogens is 191 g/mol. The highest BCUT2D eigenvalue weighted by Crippen LogP contribution is 2.40. The quantitative estimate of drug-likeness (QED) is 0.718. The average molecular weight is 202 g/mol. The van der Waals surface area contributed by atoms with Gasteiger partial charge in [0.2, 0.25) is 0 Å². The van der Waals surface area contributed by atoms with E-state index in [1.807, 2.05) is 31.2 Å². The van der Waals surface area contributed by atoms with E-state index in [0.717, 1.165) is 11.1 Å². The third-order valence-corrected chi connectivity index (χ3v) is 2.78. The normalized spacial score (nSPS) is 11.6. The lowest BCUT2D eigenvalue weighted by Gasteiger charge is -2.09. The second-order valence-corrected chi connectivity index (χ2v) is 6.15. The Bertz CT molecular complexity index is 319. The minimum Gasteiger partial charge on any atom is -0.345 e. The lowest BCUT2D eigenvalue weighted by atomic mass is 10.1. The molecule has 2 nitrogen and oxygen atoms in total. The first-order valence-electron chi connectivity index (χ1n) is 3.58. The Morgan fingerprint density at radius 1 is 1.33 bits per heavy atom. The van der Waals surface area contributed by atoms with Crippen LogP contribution in [0.15, 0.2) is 24.3 Å². The largest absolute Gasteiger partial charge is 0.345 e. The molecule has 0 aromatic heterocycles. The molecule has 0 aliphatic rings. The van der Waals surface area contributed by atoms with E-state index < -0.39 is 6.49 Å². The van der Waals surface area contributed by atoms with E-state index >= 15 is 0 Å². The van der Waals surface area contributed by atoms with E-state index in [1.165, 1.54) is 0 Å². The molecule has 1 rings (SSSR count). The van der Waals surface area contributed by atoms with E-state index in [9.17, 15) is 0 Å². The van der Waals surface area contributed by atoms with Gasteiger partial charge in [-0.3, -0.25) is 0 Å². The number of rotatable bonds is 2. The second-order valence-electron chi connectivity index (χ2n) is 2.75. The zero-order chi connectivity index (χ0) is 9.19. The first-order chi connectivity index (χ1) is 5.49. The molecule has 0 heterocycles. The van der Waals surface area contributed by atoms with Crippen LogP contribution < -0.4 is 0 Å². The molecule has 0 radical (unpaired) electrons. The van der Waals surface area contributed by atoms with Crippen LogP contribution in [0.3, 0.4) is 0 Å². The molecule has 0 aliphatic carbocycles. The smallest absolute Gasteiger partial charge is 0.187 e. The van der Waals surface area contributed by atoms with Crippen LogP contribution in [0.5, 0.6) is 0 Å². The fourth-order valence-electron chi connectivity index (χ4n) is 1.01. The van der Waals surface area contributed by atoms with Crippen molar-refractivity contribution < 1.29 is 9.79 Å². The molecule has 12 heavy (non-hydrogen) atoms. The third-order valence-electron chi connectivity index (χ3n) is 1.64. The van der Waals surface area contributed by atoms with Gasteiger partial charge in [-0.15, -0.1) is 0 Å². The molecule has 4 heteroatoms. The van der Waals surface area contributed by atoms with Crippen LogP contribution in [0.1, 0.15) is 11.1 Å². The molecule has 0 fully saturated rings. The zero-order valence-electron chi connectivity index (χ0n) is 6.77. The summed E-state index contributed by atoms with van der Waals surface area (Å²) in [6.07, 6.45) is 0.203. The molecule has 0 saturated heterocycles. The SMILES string of the molecule is Cc1ccccc1CP(O)(O)=S. The van der Waals surface area contributed by atoms with Crippen molar-refractivity contribution in [2.45, 2.75) is 13.1 Å². The zero-order valence-corrected chi connectivity index (χ0v) is 8.48. The van der Waals surface area contributed by atoms with Gasteiger partial charge in [0.15, 0.2) is 6.49 Å². The maximum atomic E-state index is 9.08. The van der Waals surface area contributed by atoms with Crippen molar-refractivity contribution in [1.82, 2.24) is 0 Å². The highest BCUT2D eigenvalue weighted by atomic mass is 32.5. The van der Waals surface area contributed by atoms with Gasteiger partial charge in [-0.1, -0.05) is 24.3 Å². The summed E-state index contributed by atoms with van der Waals surface area (Å²) in [5, 5.41) is 0. The molecule has 1 aromatic carbocycles. The minimum absolute atomic E-state index is 0.203. The molecule has 2 N–H and O–H groups in total. The van der Waals surface area contributed by atoms with Gasteiger partial charge in [0.1, 0.15) is 0 Å². The van der Waals surface area contributed by atoms with Crippen LogP contribution in [0.25, 0.3) is 0 Å². The van der Waals surface area contributed by atoms with E-state index in [0.29, 0.717) is 0 Å². The molecule has 0 spiro atoms. The Morgan fingerprint density at radius 3 is 2.42 bits per heavy atom. The van der Waals surface area contributed by atoms with Crippen molar-refractivity contribution in [3.8, 4) is 0 Å². The molecule has 0 atom stereocenters. The van der Waals surface area contributed by atoms with Crippen LogP contribution >= 0.6 is 6.49 Å². The first-order valence-corrected chi connectivity index (χ1v) is 6.47. The highest BCUT2D eigenvalue weighted by molar-refractivity contribution is 8.08. The topological polar surface area (TPSA) is 40.5 Å². The Morgan fingerprint density at radius 2 is 1.92 bits per heavy atom. The minimum atomic E-state index is -3.08. The molecule has 0 bridgehead atoms. The van der Waals surface area contributed by atoms with Gasteiger partial charge >= 0.3 is 0 Å². The summed E-state index contributed by atoms with van der Waals surface area (Å²) in [7, 11) is 0. The number of hydrogen-bond donors (Lipinski definition) is 2. The van der Waals surface area contributed by atoms with Crippen LogP contribution in [-0.2, 0) is 18.0 Å². The van der Waals surface area contributed by atoms with Crippen molar-refractivity contribution in [2.75, 3.05) is 0 Å². The van der Waals surface area contributed by atoms with Crippen molar-refractivity contribution in [2.24, 2.45) is 0 Å². The summed E-state index contributed by atoms with van der Waals surface area (Å²) in [6.45, 7) is -1.15. The van der Waals surface area contributed by atoms with E-state index in [2.05, 4.69) is 11.8 Å². The van der Waals surface area contributed by atoms with E-state index in [1.54, 1.807) is 0 Å². The van der Waals surface area contributed by atoms with Gasteiger partial charge in [-0.2, -0.15) is 0 Å². The van der Waals surface area contributed by atoms with Crippen molar-refractivity contribution >= 4 is 18.3 Å². The summed E-state index contributed by atoms with van der Waals surface area (Å²) in [6, 6.07) is 7.58. The fraction of sp³-hybridized carbons (Fsp3) is 0.250. The predicted molar refractivity (Wildman–Crippen MR) is 53.6 cm³/mol. The van der Waals surface area contributed by atoms with E-state index in [-0.39, 0.29) is 6.16 Å².